The van der Waals surface area contributed by atoms with Crippen molar-refractivity contribution in [3.8, 4) is 5.75 Å². The van der Waals surface area contributed by atoms with E-state index in [0.29, 0.717) is 11.6 Å². The molecule has 0 aliphatic rings. The minimum Gasteiger partial charge on any atom is -0.410 e. The van der Waals surface area contributed by atoms with Crippen LogP contribution < -0.4 is 10.1 Å². The van der Waals surface area contributed by atoms with E-state index in [0.717, 1.165) is 30.5 Å². The summed E-state index contributed by atoms with van der Waals surface area (Å²) in [5, 5.41) is 2.60. The number of carbonyl (C=O) groups is 1. The molecule has 1 aromatic heterocycles. The van der Waals surface area contributed by atoms with Crippen molar-refractivity contribution in [2.75, 3.05) is 5.32 Å². The molecule has 5 heteroatoms. The largest absolute Gasteiger partial charge is 0.418 e. The summed E-state index contributed by atoms with van der Waals surface area (Å²) >= 11 is 0. The average molecular weight is 285 g/mol. The Hall–Kier alpha value is -2.43. The Bertz CT molecular complexity index is 614. The zero-order valence-corrected chi connectivity index (χ0v) is 12.3. The zero-order chi connectivity index (χ0) is 15.1. The monoisotopic (exact) mass is 285 g/mol. The van der Waals surface area contributed by atoms with Gasteiger partial charge < -0.3 is 4.74 Å². The molecular formula is C16H19N3O2. The van der Waals surface area contributed by atoms with Crippen LogP contribution in [-0.2, 0) is 6.42 Å². The van der Waals surface area contributed by atoms with E-state index in [2.05, 4.69) is 22.2 Å². The van der Waals surface area contributed by atoms with Gasteiger partial charge in [-0.25, -0.2) is 14.8 Å². The number of aryl methyl sites for hydroxylation is 2. The Morgan fingerprint density at radius 1 is 1.29 bits per heavy atom. The highest BCUT2D eigenvalue weighted by Gasteiger charge is 2.09. The molecule has 0 atom stereocenters. The van der Waals surface area contributed by atoms with Crippen LogP contribution >= 0.6 is 0 Å². The van der Waals surface area contributed by atoms with Crippen molar-refractivity contribution in [1.82, 2.24) is 9.97 Å². The lowest BCUT2D eigenvalue weighted by Gasteiger charge is -2.10. The molecule has 0 spiro atoms. The molecule has 0 bridgehead atoms. The molecule has 1 aromatic carbocycles. The summed E-state index contributed by atoms with van der Waals surface area (Å²) in [6.45, 7) is 3.96. The number of carbonyl (C=O) groups excluding carboxylic acids is 1. The van der Waals surface area contributed by atoms with E-state index in [4.69, 9.17) is 4.74 Å². The Kier molecular flexibility index (Phi) is 5.26. The van der Waals surface area contributed by atoms with Gasteiger partial charge in [0.15, 0.2) is 0 Å². The Labute approximate surface area is 124 Å². The summed E-state index contributed by atoms with van der Waals surface area (Å²) in [5.74, 6) is 1.02. The van der Waals surface area contributed by atoms with E-state index in [1.807, 2.05) is 25.1 Å². The molecule has 110 valence electrons. The lowest BCUT2D eigenvalue weighted by Crippen LogP contribution is -2.18. The zero-order valence-electron chi connectivity index (χ0n) is 12.3. The van der Waals surface area contributed by atoms with Crippen LogP contribution in [0, 0.1) is 6.92 Å². The maximum atomic E-state index is 11.9. The summed E-state index contributed by atoms with van der Waals surface area (Å²) < 4.78 is 5.38. The van der Waals surface area contributed by atoms with Crippen LogP contribution in [0.4, 0.5) is 10.6 Å². The molecule has 0 saturated carbocycles. The number of nitrogens with zero attached hydrogens (tertiary/aromatic N) is 2. The van der Waals surface area contributed by atoms with Gasteiger partial charge in [0.05, 0.1) is 0 Å². The molecule has 5 nitrogen and oxygen atoms in total. The fraction of sp³-hybridized carbons (Fsp3) is 0.312. The van der Waals surface area contributed by atoms with Crippen LogP contribution in [0.3, 0.4) is 0 Å². The van der Waals surface area contributed by atoms with Crippen molar-refractivity contribution in [1.29, 1.82) is 0 Å². The van der Waals surface area contributed by atoms with Crippen LogP contribution in [0.25, 0.3) is 0 Å². The SMILES string of the molecule is CCCCc1ccccc1OC(=O)Nc1cc(C)ncn1. The quantitative estimate of drug-likeness (QED) is 0.909. The number of hydrogen-bond acceptors (Lipinski definition) is 4. The van der Waals surface area contributed by atoms with Crippen LogP contribution in [0.5, 0.6) is 5.75 Å². The number of amides is 1. The lowest BCUT2D eigenvalue weighted by molar-refractivity contribution is 0.214. The molecule has 0 radical (unpaired) electrons. The minimum atomic E-state index is -0.544. The standard InChI is InChI=1S/C16H19N3O2/c1-3-4-7-13-8-5-6-9-14(13)21-16(20)19-15-10-12(2)17-11-18-15/h5-6,8-11H,3-4,7H2,1-2H3,(H,17,18,19,20). The molecule has 21 heavy (non-hydrogen) atoms. The molecular weight excluding hydrogens is 266 g/mol. The van der Waals surface area contributed by atoms with Crippen LogP contribution in [0.1, 0.15) is 31.0 Å². The Morgan fingerprint density at radius 2 is 2.10 bits per heavy atom. The normalized spacial score (nSPS) is 10.2. The van der Waals surface area contributed by atoms with Crippen molar-refractivity contribution >= 4 is 11.9 Å². The third-order valence-corrected chi connectivity index (χ3v) is 3.01. The number of anilines is 1. The number of para-hydroxylation sites is 1. The summed E-state index contributed by atoms with van der Waals surface area (Å²) in [5.41, 5.74) is 1.82. The summed E-state index contributed by atoms with van der Waals surface area (Å²) in [4.78, 5) is 19.9. The average Bonchev–Trinajstić information content (AvgIpc) is 2.46. The third-order valence-electron chi connectivity index (χ3n) is 3.01. The van der Waals surface area contributed by atoms with Gasteiger partial charge in [0.25, 0.3) is 0 Å². The molecule has 0 saturated heterocycles. The number of unbranched alkanes of at least 4 members (excludes halogenated alkanes) is 1. The number of ether oxygens (including phenoxy) is 1. The molecule has 0 fully saturated rings. The molecule has 0 aliphatic carbocycles. The first kappa shape index (κ1) is 15.0. The number of aromatic nitrogens is 2. The van der Waals surface area contributed by atoms with Crippen LogP contribution in [0.2, 0.25) is 0 Å². The van der Waals surface area contributed by atoms with Crippen molar-refractivity contribution in [2.24, 2.45) is 0 Å². The number of hydrogen-bond donors (Lipinski definition) is 1. The van der Waals surface area contributed by atoms with E-state index in [1.54, 1.807) is 12.1 Å². The molecule has 0 aliphatic heterocycles. The van der Waals surface area contributed by atoms with E-state index in [-0.39, 0.29) is 0 Å². The van der Waals surface area contributed by atoms with Gasteiger partial charge in [-0.1, -0.05) is 31.5 Å². The number of rotatable bonds is 5. The molecule has 2 rings (SSSR count). The fourth-order valence-electron chi connectivity index (χ4n) is 1.93. The summed E-state index contributed by atoms with van der Waals surface area (Å²) in [7, 11) is 0. The highest BCUT2D eigenvalue weighted by Crippen LogP contribution is 2.20. The predicted molar refractivity (Wildman–Crippen MR) is 81.5 cm³/mol. The second-order valence-corrected chi connectivity index (χ2v) is 4.77. The molecule has 0 unspecified atom stereocenters. The minimum absolute atomic E-state index is 0.429. The Balaban J connectivity index is 2.02. The molecule has 1 amide bonds. The maximum absolute atomic E-state index is 11.9. The summed E-state index contributed by atoms with van der Waals surface area (Å²) in [6, 6.07) is 9.27. The Morgan fingerprint density at radius 3 is 2.86 bits per heavy atom. The maximum Gasteiger partial charge on any atom is 0.418 e. The lowest BCUT2D eigenvalue weighted by atomic mass is 10.1. The van der Waals surface area contributed by atoms with Crippen LogP contribution in [-0.4, -0.2) is 16.1 Å². The molecule has 1 N–H and O–H groups in total. The van der Waals surface area contributed by atoms with Crippen LogP contribution in [0.15, 0.2) is 36.7 Å². The second-order valence-electron chi connectivity index (χ2n) is 4.77. The number of benzene rings is 1. The second kappa shape index (κ2) is 7.38. The van der Waals surface area contributed by atoms with Crippen molar-refractivity contribution in [3.63, 3.8) is 0 Å². The highest BCUT2D eigenvalue weighted by atomic mass is 16.6. The summed E-state index contributed by atoms with van der Waals surface area (Å²) in [6.07, 6.45) is 3.91. The highest BCUT2D eigenvalue weighted by molar-refractivity contribution is 5.85. The van der Waals surface area contributed by atoms with Gasteiger partial charge in [0.2, 0.25) is 0 Å². The fourth-order valence-corrected chi connectivity index (χ4v) is 1.93. The van der Waals surface area contributed by atoms with Crippen molar-refractivity contribution in [2.45, 2.75) is 33.1 Å². The van der Waals surface area contributed by atoms with Crippen molar-refractivity contribution in [3.05, 3.63) is 47.9 Å². The third kappa shape index (κ3) is 4.56. The first-order valence-electron chi connectivity index (χ1n) is 7.04. The van der Waals surface area contributed by atoms with Gasteiger partial charge in [0.1, 0.15) is 17.9 Å². The van der Waals surface area contributed by atoms with Gasteiger partial charge in [-0.3, -0.25) is 5.32 Å². The van der Waals surface area contributed by atoms with Gasteiger partial charge in [-0.2, -0.15) is 0 Å². The van der Waals surface area contributed by atoms with Gasteiger partial charge in [-0.05, 0) is 31.4 Å². The van der Waals surface area contributed by atoms with E-state index in [9.17, 15) is 4.79 Å². The predicted octanol–water partition coefficient (Wildman–Crippen LogP) is 3.74. The first-order valence-corrected chi connectivity index (χ1v) is 7.04. The molecule has 2 aromatic rings. The number of nitrogens with one attached hydrogen (secondary N) is 1. The van der Waals surface area contributed by atoms with E-state index >= 15 is 0 Å². The van der Waals surface area contributed by atoms with E-state index < -0.39 is 6.09 Å². The smallest absolute Gasteiger partial charge is 0.410 e. The van der Waals surface area contributed by atoms with Gasteiger partial charge in [0, 0.05) is 11.8 Å². The van der Waals surface area contributed by atoms with Crippen molar-refractivity contribution < 1.29 is 9.53 Å². The first-order chi connectivity index (χ1) is 10.2. The topological polar surface area (TPSA) is 64.1 Å². The molecule has 1 heterocycles. The van der Waals surface area contributed by atoms with E-state index in [1.165, 1.54) is 6.33 Å². The van der Waals surface area contributed by atoms with Gasteiger partial charge >= 0.3 is 6.09 Å². The van der Waals surface area contributed by atoms with Gasteiger partial charge in [-0.15, -0.1) is 0 Å².